The number of aryl methyl sites for hydroxylation is 1. The van der Waals surface area contributed by atoms with E-state index in [1.54, 1.807) is 0 Å². The number of halogens is 1. The van der Waals surface area contributed by atoms with Crippen LogP contribution in [0.5, 0.6) is 5.75 Å². The van der Waals surface area contributed by atoms with Crippen LogP contribution in [0.3, 0.4) is 0 Å². The Morgan fingerprint density at radius 3 is 2.19 bits per heavy atom. The van der Waals surface area contributed by atoms with Crippen LogP contribution in [-0.4, -0.2) is 9.04 Å². The Morgan fingerprint density at radius 2 is 1.75 bits per heavy atom. The van der Waals surface area contributed by atoms with Crippen molar-refractivity contribution in [3.8, 4) is 5.75 Å². The van der Waals surface area contributed by atoms with Crippen molar-refractivity contribution in [1.29, 1.82) is 0 Å². The van der Waals surface area contributed by atoms with Crippen molar-refractivity contribution in [1.82, 2.24) is 0 Å². The van der Waals surface area contributed by atoms with Crippen molar-refractivity contribution in [2.24, 2.45) is 0 Å². The fourth-order valence-electron chi connectivity index (χ4n) is 2.02. The Kier molecular flexibility index (Phi) is 4.24. The molecule has 90 valence electrons. The summed E-state index contributed by atoms with van der Waals surface area (Å²) >= 11 is 3.54. The molecular formula is C13H21BrOSi. The van der Waals surface area contributed by atoms with Gasteiger partial charge in [-0.25, -0.2) is 0 Å². The first kappa shape index (κ1) is 13.8. The molecule has 1 aromatic rings. The molecule has 1 nitrogen and oxygen atoms in total. The summed E-state index contributed by atoms with van der Waals surface area (Å²) in [7, 11) is -1.06. The van der Waals surface area contributed by atoms with Crippen molar-refractivity contribution in [2.45, 2.75) is 46.2 Å². The third kappa shape index (κ3) is 3.35. The Morgan fingerprint density at radius 1 is 1.19 bits per heavy atom. The van der Waals surface area contributed by atoms with Gasteiger partial charge in [0.05, 0.1) is 0 Å². The van der Waals surface area contributed by atoms with E-state index in [0.29, 0.717) is 0 Å². The van der Waals surface area contributed by atoms with Gasteiger partial charge in [-0.15, -0.1) is 0 Å². The van der Waals surface area contributed by atoms with Crippen LogP contribution < -0.4 is 4.43 Å². The summed E-state index contributed by atoms with van der Waals surface area (Å²) in [4.78, 5) is 0. The minimum atomic E-state index is -1.06. The van der Waals surface area contributed by atoms with Gasteiger partial charge in [-0.05, 0) is 43.1 Å². The largest absolute Gasteiger partial charge is 0.547 e. The van der Waals surface area contributed by atoms with Gasteiger partial charge < -0.3 is 4.43 Å². The maximum atomic E-state index is 6.04. The lowest BCUT2D eigenvalue weighted by molar-refractivity contribution is 0.517. The molecule has 0 amide bonds. The van der Waals surface area contributed by atoms with Crippen molar-refractivity contribution < 1.29 is 4.43 Å². The molecule has 1 rings (SSSR count). The minimum Gasteiger partial charge on any atom is -0.547 e. The van der Waals surface area contributed by atoms with Gasteiger partial charge in [-0.1, -0.05) is 36.7 Å². The summed E-state index contributed by atoms with van der Waals surface area (Å²) in [5.41, 5.74) is 2.76. The molecule has 0 aromatic heterocycles. The molecular weight excluding hydrogens is 280 g/mol. The molecule has 0 aliphatic rings. The van der Waals surface area contributed by atoms with Crippen molar-refractivity contribution in [3.63, 3.8) is 0 Å². The molecule has 0 fully saturated rings. The maximum absolute atomic E-state index is 6.04. The van der Waals surface area contributed by atoms with Crippen LogP contribution in [0, 0.1) is 6.92 Å². The minimum absolute atomic E-state index is 0.128. The van der Waals surface area contributed by atoms with Gasteiger partial charge in [0.1, 0.15) is 5.75 Å². The highest BCUT2D eigenvalue weighted by Crippen LogP contribution is 2.36. The van der Waals surface area contributed by atoms with Gasteiger partial charge in [0, 0.05) is 10.0 Å². The predicted octanol–water partition coefficient (Wildman–Crippen LogP) is 4.42. The molecule has 0 aliphatic heterocycles. The first-order valence-corrected chi connectivity index (χ1v) is 9.26. The van der Waals surface area contributed by atoms with Gasteiger partial charge in [0.15, 0.2) is 0 Å². The zero-order valence-electron chi connectivity index (χ0n) is 11.0. The Labute approximate surface area is 109 Å². The fraction of sp³-hybridized carbons (Fsp3) is 0.538. The van der Waals surface area contributed by atoms with Gasteiger partial charge >= 0.3 is 0 Å². The molecule has 0 radical (unpaired) electrons. The average Bonchev–Trinajstić information content (AvgIpc) is 1.96. The Balaban J connectivity index is 3.33. The van der Waals surface area contributed by atoms with E-state index in [9.17, 15) is 0 Å². The van der Waals surface area contributed by atoms with Crippen LogP contribution >= 0.6 is 15.9 Å². The molecule has 1 aromatic carbocycles. The lowest BCUT2D eigenvalue weighted by atomic mass is 9.83. The Hall–Kier alpha value is -0.283. The van der Waals surface area contributed by atoms with E-state index in [1.807, 2.05) is 0 Å². The number of benzene rings is 1. The van der Waals surface area contributed by atoms with E-state index in [0.717, 1.165) is 10.2 Å². The molecule has 0 unspecified atom stereocenters. The fourth-order valence-corrected chi connectivity index (χ4v) is 3.27. The average molecular weight is 301 g/mol. The molecule has 0 atom stereocenters. The van der Waals surface area contributed by atoms with E-state index >= 15 is 0 Å². The second-order valence-electron chi connectivity index (χ2n) is 5.51. The van der Waals surface area contributed by atoms with Gasteiger partial charge in [-0.3, -0.25) is 0 Å². The standard InChI is InChI=1S/C13H21BrOSi/c1-9-7-10(14)8-11(15-16(5)6)12(9)13(2,3)4/h7-8,16H,1-6H3. The number of rotatable bonds is 2. The van der Waals surface area contributed by atoms with Crippen molar-refractivity contribution >= 4 is 25.0 Å². The van der Waals surface area contributed by atoms with Crippen LogP contribution in [0.15, 0.2) is 16.6 Å². The van der Waals surface area contributed by atoms with Crippen molar-refractivity contribution in [2.75, 3.05) is 0 Å². The topological polar surface area (TPSA) is 9.23 Å². The monoisotopic (exact) mass is 300 g/mol. The molecule has 0 bridgehead atoms. The second-order valence-corrected chi connectivity index (χ2v) is 8.76. The molecule has 16 heavy (non-hydrogen) atoms. The Bertz CT molecular complexity index is 380. The molecule has 0 saturated heterocycles. The molecule has 0 saturated carbocycles. The first-order valence-electron chi connectivity index (χ1n) is 5.69. The quantitative estimate of drug-likeness (QED) is 0.735. The summed E-state index contributed by atoms with van der Waals surface area (Å²) in [6, 6.07) is 4.26. The SMILES string of the molecule is Cc1cc(Br)cc(O[SiH](C)C)c1C(C)(C)C. The molecule has 0 aliphatic carbocycles. The van der Waals surface area contributed by atoms with Gasteiger partial charge in [0.25, 0.3) is 0 Å². The normalized spacial score (nSPS) is 12.0. The molecule has 0 spiro atoms. The maximum Gasteiger partial charge on any atom is 0.229 e. The highest BCUT2D eigenvalue weighted by atomic mass is 79.9. The van der Waals surface area contributed by atoms with Crippen LogP contribution in [0.4, 0.5) is 0 Å². The second kappa shape index (κ2) is 4.92. The van der Waals surface area contributed by atoms with E-state index in [-0.39, 0.29) is 5.41 Å². The zero-order chi connectivity index (χ0) is 12.5. The molecule has 0 heterocycles. The van der Waals surface area contributed by atoms with E-state index in [1.165, 1.54) is 11.1 Å². The third-order valence-electron chi connectivity index (χ3n) is 2.38. The predicted molar refractivity (Wildman–Crippen MR) is 77.1 cm³/mol. The van der Waals surface area contributed by atoms with Crippen LogP contribution in [-0.2, 0) is 5.41 Å². The lowest BCUT2D eigenvalue weighted by Gasteiger charge is -2.26. The summed E-state index contributed by atoms with van der Waals surface area (Å²) in [6.45, 7) is 13.2. The smallest absolute Gasteiger partial charge is 0.229 e. The summed E-state index contributed by atoms with van der Waals surface area (Å²) in [5.74, 6) is 1.06. The van der Waals surface area contributed by atoms with Crippen LogP contribution in [0.1, 0.15) is 31.9 Å². The van der Waals surface area contributed by atoms with E-state index < -0.39 is 9.04 Å². The zero-order valence-corrected chi connectivity index (χ0v) is 13.8. The van der Waals surface area contributed by atoms with Crippen LogP contribution in [0.2, 0.25) is 13.1 Å². The summed E-state index contributed by atoms with van der Waals surface area (Å²) in [5, 5.41) is 0. The summed E-state index contributed by atoms with van der Waals surface area (Å²) in [6.07, 6.45) is 0. The highest BCUT2D eigenvalue weighted by molar-refractivity contribution is 9.10. The number of hydrogen-bond donors (Lipinski definition) is 0. The lowest BCUT2D eigenvalue weighted by Crippen LogP contribution is -2.19. The summed E-state index contributed by atoms with van der Waals surface area (Å²) < 4.78 is 7.14. The molecule has 0 N–H and O–H groups in total. The highest BCUT2D eigenvalue weighted by Gasteiger charge is 2.22. The molecule has 3 heteroatoms. The van der Waals surface area contributed by atoms with Gasteiger partial charge in [-0.2, -0.15) is 0 Å². The van der Waals surface area contributed by atoms with E-state index in [4.69, 9.17) is 4.43 Å². The third-order valence-corrected chi connectivity index (χ3v) is 3.56. The van der Waals surface area contributed by atoms with Crippen molar-refractivity contribution in [3.05, 3.63) is 27.7 Å². The van der Waals surface area contributed by atoms with E-state index in [2.05, 4.69) is 68.9 Å². The first-order chi connectivity index (χ1) is 7.21. The van der Waals surface area contributed by atoms with Crippen LogP contribution in [0.25, 0.3) is 0 Å². The number of hydrogen-bond acceptors (Lipinski definition) is 1. The van der Waals surface area contributed by atoms with Gasteiger partial charge in [0.2, 0.25) is 9.04 Å².